The first-order valence-electron chi connectivity index (χ1n) is 7.43. The molecule has 0 aliphatic rings. The molecule has 0 aliphatic heterocycles. The van der Waals surface area contributed by atoms with Crippen LogP contribution in [0.25, 0.3) is 0 Å². The number of alkyl halides is 3. The molecule has 0 aliphatic carbocycles. The summed E-state index contributed by atoms with van der Waals surface area (Å²) in [5.41, 5.74) is -0.281. The number of hydrogen-bond acceptors (Lipinski definition) is 2. The normalized spacial score (nSPS) is 11.1. The van der Waals surface area contributed by atoms with Crippen LogP contribution in [0, 0.1) is 5.82 Å². The summed E-state index contributed by atoms with van der Waals surface area (Å²) in [5, 5.41) is 5.84. The number of anilines is 1. The lowest BCUT2D eigenvalue weighted by Gasteiger charge is -2.15. The van der Waals surface area contributed by atoms with E-state index in [0.29, 0.717) is 24.1 Å². The van der Waals surface area contributed by atoms with Gasteiger partial charge in [-0.25, -0.2) is 4.39 Å². The zero-order valence-corrected chi connectivity index (χ0v) is 14.1. The highest BCUT2D eigenvalue weighted by Crippen LogP contribution is 2.30. The van der Waals surface area contributed by atoms with Crippen LogP contribution in [0.5, 0.6) is 5.75 Å². The van der Waals surface area contributed by atoms with Crippen LogP contribution < -0.4 is 15.4 Å². The predicted octanol–water partition coefficient (Wildman–Crippen LogP) is 4.73. The quantitative estimate of drug-likeness (QED) is 0.587. The Hall–Kier alpha value is -2.35. The van der Waals surface area contributed by atoms with E-state index in [9.17, 15) is 17.6 Å². The van der Waals surface area contributed by atoms with Crippen LogP contribution >= 0.6 is 12.2 Å². The van der Waals surface area contributed by atoms with Crippen molar-refractivity contribution in [3.8, 4) is 5.75 Å². The van der Waals surface area contributed by atoms with Gasteiger partial charge in [-0.2, -0.15) is 13.2 Å². The molecule has 0 spiro atoms. The molecule has 0 aromatic heterocycles. The molecular formula is C17H16F4N2OS. The van der Waals surface area contributed by atoms with Crippen LogP contribution in [0.1, 0.15) is 18.1 Å². The molecule has 3 nitrogen and oxygen atoms in total. The molecule has 25 heavy (non-hydrogen) atoms. The minimum Gasteiger partial charge on any atom is -0.492 e. The van der Waals surface area contributed by atoms with E-state index in [4.69, 9.17) is 17.0 Å². The number of ether oxygens (including phenoxy) is 1. The van der Waals surface area contributed by atoms with Gasteiger partial charge in [0.1, 0.15) is 11.6 Å². The van der Waals surface area contributed by atoms with Crippen molar-refractivity contribution in [2.45, 2.75) is 19.6 Å². The summed E-state index contributed by atoms with van der Waals surface area (Å²) in [6, 6.07) is 9.47. The topological polar surface area (TPSA) is 33.3 Å². The lowest BCUT2D eigenvalue weighted by atomic mass is 10.1. The fourth-order valence-electron chi connectivity index (χ4n) is 2.12. The second kappa shape index (κ2) is 8.15. The molecule has 0 heterocycles. The second-order valence-electron chi connectivity index (χ2n) is 5.08. The Morgan fingerprint density at radius 3 is 2.56 bits per heavy atom. The lowest BCUT2D eigenvalue weighted by Crippen LogP contribution is -2.28. The predicted molar refractivity (Wildman–Crippen MR) is 92.1 cm³/mol. The monoisotopic (exact) mass is 372 g/mol. The van der Waals surface area contributed by atoms with Gasteiger partial charge < -0.3 is 15.4 Å². The molecule has 2 N–H and O–H groups in total. The van der Waals surface area contributed by atoms with E-state index in [1.807, 2.05) is 6.92 Å². The smallest absolute Gasteiger partial charge is 0.416 e. The molecule has 0 fully saturated rings. The van der Waals surface area contributed by atoms with Crippen LogP contribution in [0.4, 0.5) is 23.2 Å². The van der Waals surface area contributed by atoms with Crippen molar-refractivity contribution in [1.29, 1.82) is 0 Å². The third-order valence-electron chi connectivity index (χ3n) is 3.17. The molecule has 2 aromatic rings. The van der Waals surface area contributed by atoms with Gasteiger partial charge in [0, 0.05) is 6.54 Å². The van der Waals surface area contributed by atoms with Gasteiger partial charge in [0.05, 0.1) is 17.9 Å². The first kappa shape index (κ1) is 19.0. The van der Waals surface area contributed by atoms with Gasteiger partial charge in [0.15, 0.2) is 5.11 Å². The summed E-state index contributed by atoms with van der Waals surface area (Å²) in [6.07, 6.45) is -4.61. The van der Waals surface area contributed by atoms with Crippen molar-refractivity contribution < 1.29 is 22.3 Å². The SMILES string of the molecule is CCOc1ccccc1NC(=S)NCc1cc(F)cc(C(F)(F)F)c1. The van der Waals surface area contributed by atoms with Gasteiger partial charge >= 0.3 is 6.18 Å². The molecule has 2 rings (SSSR count). The van der Waals surface area contributed by atoms with Crippen molar-refractivity contribution in [2.75, 3.05) is 11.9 Å². The largest absolute Gasteiger partial charge is 0.492 e. The minimum absolute atomic E-state index is 0.0521. The van der Waals surface area contributed by atoms with Crippen LogP contribution in [0.15, 0.2) is 42.5 Å². The first-order chi connectivity index (χ1) is 11.8. The zero-order valence-electron chi connectivity index (χ0n) is 13.3. The minimum atomic E-state index is -4.61. The van der Waals surface area contributed by atoms with Gasteiger partial charge in [0.25, 0.3) is 0 Å². The zero-order chi connectivity index (χ0) is 18.4. The van der Waals surface area contributed by atoms with Crippen LogP contribution in [-0.2, 0) is 12.7 Å². The third-order valence-corrected chi connectivity index (χ3v) is 3.42. The van der Waals surface area contributed by atoms with Gasteiger partial charge in [-0.15, -0.1) is 0 Å². The van der Waals surface area contributed by atoms with Crippen LogP contribution in [0.2, 0.25) is 0 Å². The summed E-state index contributed by atoms with van der Waals surface area (Å²) >= 11 is 5.12. The Balaban J connectivity index is 2.02. The molecule has 0 amide bonds. The lowest BCUT2D eigenvalue weighted by molar-refractivity contribution is -0.137. The fourth-order valence-corrected chi connectivity index (χ4v) is 2.30. The molecule has 0 saturated carbocycles. The number of rotatable bonds is 5. The molecule has 134 valence electrons. The summed E-state index contributed by atoms with van der Waals surface area (Å²) in [6.45, 7) is 2.27. The van der Waals surface area contributed by atoms with Gasteiger partial charge in [0.2, 0.25) is 0 Å². The Kier molecular flexibility index (Phi) is 6.19. The number of para-hydroxylation sites is 2. The Labute approximate surface area is 148 Å². The number of halogens is 4. The Morgan fingerprint density at radius 1 is 1.16 bits per heavy atom. The first-order valence-corrected chi connectivity index (χ1v) is 7.83. The molecule has 0 radical (unpaired) electrons. The van der Waals surface area contributed by atoms with E-state index in [2.05, 4.69) is 10.6 Å². The number of nitrogens with one attached hydrogen (secondary N) is 2. The third kappa shape index (κ3) is 5.60. The molecule has 8 heteroatoms. The summed E-state index contributed by atoms with van der Waals surface area (Å²) in [5.74, 6) is -0.355. The molecule has 0 saturated heterocycles. The van der Waals surface area contributed by atoms with E-state index in [1.165, 1.54) is 0 Å². The Morgan fingerprint density at radius 2 is 1.88 bits per heavy atom. The van der Waals surface area contributed by atoms with Gasteiger partial charge in [-0.05, 0) is 55.0 Å². The molecule has 0 atom stereocenters. The summed E-state index contributed by atoms with van der Waals surface area (Å²) in [4.78, 5) is 0. The molecule has 0 unspecified atom stereocenters. The average molecular weight is 372 g/mol. The van der Waals surface area contributed by atoms with E-state index in [1.54, 1.807) is 24.3 Å². The van der Waals surface area contributed by atoms with E-state index < -0.39 is 17.6 Å². The van der Waals surface area contributed by atoms with E-state index in [0.717, 1.165) is 12.1 Å². The molecule has 0 bridgehead atoms. The standard InChI is InChI=1S/C17H16F4N2OS/c1-2-24-15-6-4-3-5-14(15)23-16(25)22-10-11-7-12(17(19,20)21)9-13(18)8-11/h3-9H,2,10H2,1H3,(H2,22,23,25). The average Bonchev–Trinajstić information content (AvgIpc) is 2.54. The summed E-state index contributed by atoms with van der Waals surface area (Å²) < 4.78 is 57.0. The highest BCUT2D eigenvalue weighted by atomic mass is 32.1. The van der Waals surface area contributed by atoms with Crippen LogP contribution in [-0.4, -0.2) is 11.7 Å². The van der Waals surface area contributed by atoms with Gasteiger partial charge in [-0.1, -0.05) is 12.1 Å². The van der Waals surface area contributed by atoms with E-state index in [-0.39, 0.29) is 17.2 Å². The number of thiocarbonyl (C=S) groups is 1. The molecule has 2 aromatic carbocycles. The van der Waals surface area contributed by atoms with Crippen molar-refractivity contribution in [3.05, 3.63) is 59.4 Å². The Bertz CT molecular complexity index is 750. The second-order valence-corrected chi connectivity index (χ2v) is 5.49. The van der Waals surface area contributed by atoms with Crippen LogP contribution in [0.3, 0.4) is 0 Å². The highest BCUT2D eigenvalue weighted by Gasteiger charge is 2.31. The van der Waals surface area contributed by atoms with Crippen molar-refractivity contribution in [3.63, 3.8) is 0 Å². The summed E-state index contributed by atoms with van der Waals surface area (Å²) in [7, 11) is 0. The van der Waals surface area contributed by atoms with Crippen molar-refractivity contribution >= 4 is 23.0 Å². The van der Waals surface area contributed by atoms with Crippen molar-refractivity contribution in [1.82, 2.24) is 5.32 Å². The van der Waals surface area contributed by atoms with Crippen molar-refractivity contribution in [2.24, 2.45) is 0 Å². The van der Waals surface area contributed by atoms with E-state index >= 15 is 0 Å². The molecular weight excluding hydrogens is 356 g/mol. The number of hydrogen-bond donors (Lipinski definition) is 2. The van der Waals surface area contributed by atoms with Gasteiger partial charge in [-0.3, -0.25) is 0 Å². The maximum absolute atomic E-state index is 13.4. The maximum Gasteiger partial charge on any atom is 0.416 e. The number of benzene rings is 2. The fraction of sp³-hybridized carbons (Fsp3) is 0.235. The maximum atomic E-state index is 13.4. The highest BCUT2D eigenvalue weighted by molar-refractivity contribution is 7.80.